The molecule has 2 fully saturated rings. The molecule has 2 saturated heterocycles. The second-order valence-corrected chi connectivity index (χ2v) is 10.8. The van der Waals surface area contributed by atoms with Crippen LogP contribution in [0.15, 0.2) is 10.6 Å². The monoisotopic (exact) mass is 418 g/mol. The zero-order valence-corrected chi connectivity index (χ0v) is 19.6. The van der Waals surface area contributed by atoms with Crippen molar-refractivity contribution in [3.05, 3.63) is 10.6 Å². The van der Waals surface area contributed by atoms with Crippen molar-refractivity contribution in [1.82, 2.24) is 19.1 Å². The first-order chi connectivity index (χ1) is 13.0. The SMILES string of the molecule is CCN(CC)P(=O)(C(Cl)=C(N1CCCCC1)N1CCCCC1)N(CC)CC. The van der Waals surface area contributed by atoms with Crippen LogP contribution in [0.1, 0.15) is 66.2 Å². The molecule has 2 rings (SSSR count). The Balaban J connectivity index is 2.56. The summed E-state index contributed by atoms with van der Waals surface area (Å²) in [6.45, 7) is 15.4. The van der Waals surface area contributed by atoms with Crippen LogP contribution in [-0.4, -0.2) is 71.5 Å². The number of likely N-dealkylation sites (tertiary alicyclic amines) is 2. The van der Waals surface area contributed by atoms with E-state index in [-0.39, 0.29) is 0 Å². The van der Waals surface area contributed by atoms with Gasteiger partial charge in [-0.2, -0.15) is 0 Å². The van der Waals surface area contributed by atoms with Crippen molar-refractivity contribution in [2.75, 3.05) is 52.4 Å². The summed E-state index contributed by atoms with van der Waals surface area (Å²) in [4.78, 5) is 4.85. The van der Waals surface area contributed by atoms with Crippen LogP contribution in [-0.2, 0) is 4.57 Å². The van der Waals surface area contributed by atoms with Gasteiger partial charge in [0.15, 0.2) is 0 Å². The summed E-state index contributed by atoms with van der Waals surface area (Å²) in [5.41, 5.74) is 0. The molecule has 0 radical (unpaired) electrons. The van der Waals surface area contributed by atoms with Crippen molar-refractivity contribution in [3.63, 3.8) is 0 Å². The van der Waals surface area contributed by atoms with Gasteiger partial charge >= 0.3 is 0 Å². The first kappa shape index (κ1) is 23.1. The van der Waals surface area contributed by atoms with E-state index in [1.165, 1.54) is 38.5 Å². The lowest BCUT2D eigenvalue weighted by molar-refractivity contribution is 0.165. The van der Waals surface area contributed by atoms with Crippen LogP contribution in [0.25, 0.3) is 0 Å². The molecule has 0 aromatic heterocycles. The molecule has 0 atom stereocenters. The van der Waals surface area contributed by atoms with Gasteiger partial charge in [0, 0.05) is 52.4 Å². The Morgan fingerprint density at radius 3 is 1.37 bits per heavy atom. The fraction of sp³-hybridized carbons (Fsp3) is 0.900. The van der Waals surface area contributed by atoms with Crippen LogP contribution in [0, 0.1) is 0 Å². The van der Waals surface area contributed by atoms with E-state index in [4.69, 9.17) is 11.6 Å². The van der Waals surface area contributed by atoms with Gasteiger partial charge < -0.3 is 9.80 Å². The molecule has 2 aliphatic rings. The van der Waals surface area contributed by atoms with Crippen LogP contribution in [0.5, 0.6) is 0 Å². The predicted molar refractivity (Wildman–Crippen MR) is 117 cm³/mol. The third kappa shape index (κ3) is 5.04. The highest BCUT2D eigenvalue weighted by Gasteiger charge is 2.41. The summed E-state index contributed by atoms with van der Waals surface area (Å²) in [5, 5.41) is 0. The van der Waals surface area contributed by atoms with Gasteiger partial charge in [-0.1, -0.05) is 39.3 Å². The molecule has 7 heteroatoms. The van der Waals surface area contributed by atoms with Gasteiger partial charge in [-0.15, -0.1) is 0 Å². The Labute approximate surface area is 172 Å². The van der Waals surface area contributed by atoms with E-state index < -0.39 is 7.44 Å². The third-order valence-electron chi connectivity index (χ3n) is 5.98. The lowest BCUT2D eigenvalue weighted by Gasteiger charge is -2.44. The standard InChI is InChI=1S/C20H40ClN4OP/c1-5-24(6-2)27(26,25(7-3)8-4)19(21)20(22-15-11-9-12-16-22)23-17-13-10-14-18-23/h5-18H2,1-4H3. The van der Waals surface area contributed by atoms with Crippen LogP contribution in [0.4, 0.5) is 0 Å². The second kappa shape index (κ2) is 11.1. The highest BCUT2D eigenvalue weighted by molar-refractivity contribution is 7.65. The highest BCUT2D eigenvalue weighted by atomic mass is 35.5. The molecule has 0 amide bonds. The largest absolute Gasteiger partial charge is 0.357 e. The molecule has 0 unspecified atom stereocenters. The maximum Gasteiger partial charge on any atom is 0.260 e. The first-order valence-electron chi connectivity index (χ1n) is 11.1. The number of hydrogen-bond donors (Lipinski definition) is 0. The zero-order chi connectivity index (χ0) is 19.9. The molecular formula is C20H40ClN4OP. The summed E-state index contributed by atoms with van der Waals surface area (Å²) < 4.78 is 19.4. The molecule has 0 spiro atoms. The molecule has 27 heavy (non-hydrogen) atoms. The van der Waals surface area contributed by atoms with Gasteiger partial charge in [-0.25, -0.2) is 9.34 Å². The maximum atomic E-state index is 14.6. The zero-order valence-electron chi connectivity index (χ0n) is 17.9. The molecular weight excluding hydrogens is 379 g/mol. The number of hydrogen-bond acceptors (Lipinski definition) is 3. The quantitative estimate of drug-likeness (QED) is 0.480. The summed E-state index contributed by atoms with van der Waals surface area (Å²) in [6, 6.07) is 0. The minimum atomic E-state index is -2.99. The lowest BCUT2D eigenvalue weighted by Crippen LogP contribution is -2.42. The normalized spacial score (nSPS) is 19.1. The van der Waals surface area contributed by atoms with Gasteiger partial charge in [0.2, 0.25) is 0 Å². The van der Waals surface area contributed by atoms with E-state index in [0.29, 0.717) is 4.77 Å². The maximum absolute atomic E-state index is 14.6. The predicted octanol–water partition coefficient (Wildman–Crippen LogP) is 5.20. The number of halogens is 1. The smallest absolute Gasteiger partial charge is 0.260 e. The summed E-state index contributed by atoms with van der Waals surface area (Å²) >= 11 is 7.18. The van der Waals surface area contributed by atoms with Crippen molar-refractivity contribution in [1.29, 1.82) is 0 Å². The van der Waals surface area contributed by atoms with Crippen molar-refractivity contribution >= 4 is 19.0 Å². The van der Waals surface area contributed by atoms with Crippen LogP contribution >= 0.6 is 19.0 Å². The molecule has 0 aromatic carbocycles. The van der Waals surface area contributed by atoms with Gasteiger partial charge in [-0.05, 0) is 38.5 Å². The number of nitrogens with zero attached hydrogens (tertiary/aromatic N) is 4. The van der Waals surface area contributed by atoms with Crippen molar-refractivity contribution in [2.45, 2.75) is 66.2 Å². The molecule has 0 aliphatic carbocycles. The Hall–Kier alpha value is -0.220. The Morgan fingerprint density at radius 1 is 0.741 bits per heavy atom. The average molecular weight is 419 g/mol. The minimum absolute atomic E-state index is 0.596. The topological polar surface area (TPSA) is 30.0 Å². The molecule has 5 nitrogen and oxygen atoms in total. The van der Waals surface area contributed by atoms with Gasteiger partial charge in [-0.3, -0.25) is 4.57 Å². The van der Waals surface area contributed by atoms with E-state index in [0.717, 1.165) is 58.2 Å². The number of piperidine rings is 2. The molecule has 2 aliphatic heterocycles. The molecule has 0 aromatic rings. The fourth-order valence-corrected chi connectivity index (χ4v) is 8.26. The van der Waals surface area contributed by atoms with Gasteiger partial charge in [0.25, 0.3) is 7.44 Å². The van der Waals surface area contributed by atoms with Gasteiger partial charge in [0.1, 0.15) is 10.6 Å². The van der Waals surface area contributed by atoms with E-state index in [1.54, 1.807) is 0 Å². The van der Waals surface area contributed by atoms with E-state index in [9.17, 15) is 4.57 Å². The highest BCUT2D eigenvalue weighted by Crippen LogP contribution is 2.63. The molecule has 2 heterocycles. The summed E-state index contributed by atoms with van der Waals surface area (Å²) in [5.74, 6) is 1.07. The average Bonchev–Trinajstić information content (AvgIpc) is 2.71. The fourth-order valence-electron chi connectivity index (χ4n) is 4.44. The Kier molecular flexibility index (Phi) is 9.47. The van der Waals surface area contributed by atoms with Crippen LogP contribution in [0.2, 0.25) is 0 Å². The third-order valence-corrected chi connectivity index (χ3v) is 10.2. The molecule has 0 bridgehead atoms. The molecule has 0 N–H and O–H groups in total. The second-order valence-electron chi connectivity index (χ2n) is 7.53. The van der Waals surface area contributed by atoms with Gasteiger partial charge in [0.05, 0.1) is 0 Å². The van der Waals surface area contributed by atoms with Crippen LogP contribution < -0.4 is 0 Å². The van der Waals surface area contributed by atoms with Crippen molar-refractivity contribution in [2.24, 2.45) is 0 Å². The molecule has 158 valence electrons. The van der Waals surface area contributed by atoms with E-state index >= 15 is 0 Å². The van der Waals surface area contributed by atoms with Crippen LogP contribution in [0.3, 0.4) is 0 Å². The first-order valence-corrected chi connectivity index (χ1v) is 13.0. The molecule has 0 saturated carbocycles. The van der Waals surface area contributed by atoms with E-state index in [1.807, 2.05) is 0 Å². The summed E-state index contributed by atoms with van der Waals surface area (Å²) in [6.07, 6.45) is 7.35. The van der Waals surface area contributed by atoms with Crippen molar-refractivity contribution < 1.29 is 4.57 Å². The minimum Gasteiger partial charge on any atom is -0.357 e. The van der Waals surface area contributed by atoms with E-state index in [2.05, 4.69) is 46.8 Å². The Bertz CT molecular complexity index is 486. The van der Waals surface area contributed by atoms with Crippen molar-refractivity contribution in [3.8, 4) is 0 Å². The lowest BCUT2D eigenvalue weighted by atomic mass is 10.1. The number of rotatable bonds is 9. The summed E-state index contributed by atoms with van der Waals surface area (Å²) in [7, 11) is -2.99. The Morgan fingerprint density at radius 2 is 1.07 bits per heavy atom.